The van der Waals surface area contributed by atoms with Gasteiger partial charge in [-0.3, -0.25) is 0 Å². The molecule has 206 valence electrons. The SMILES string of the molecule is COc1ccc(COc2ccc(C[C@H](NC(=O)OCc3ccccc3)C(=O)OCc3ccccc3)cc2O)cc1. The summed E-state index contributed by atoms with van der Waals surface area (Å²) in [5, 5.41) is 13.2. The Morgan fingerprint density at radius 1 is 0.725 bits per heavy atom. The number of ether oxygens (including phenoxy) is 4. The summed E-state index contributed by atoms with van der Waals surface area (Å²) in [7, 11) is 1.60. The number of hydrogen-bond donors (Lipinski definition) is 2. The number of rotatable bonds is 12. The van der Waals surface area contributed by atoms with Gasteiger partial charge in [0.25, 0.3) is 0 Å². The summed E-state index contributed by atoms with van der Waals surface area (Å²) in [5.41, 5.74) is 3.14. The van der Waals surface area contributed by atoms with Gasteiger partial charge in [-0.05, 0) is 46.5 Å². The van der Waals surface area contributed by atoms with Crippen molar-refractivity contribution in [3.8, 4) is 17.2 Å². The van der Waals surface area contributed by atoms with Crippen LogP contribution in [0.4, 0.5) is 4.79 Å². The van der Waals surface area contributed by atoms with E-state index >= 15 is 0 Å². The van der Waals surface area contributed by atoms with Crippen LogP contribution in [0.25, 0.3) is 0 Å². The lowest BCUT2D eigenvalue weighted by Crippen LogP contribution is -2.43. The number of phenols is 1. The predicted molar refractivity (Wildman–Crippen MR) is 149 cm³/mol. The minimum Gasteiger partial charge on any atom is -0.504 e. The van der Waals surface area contributed by atoms with E-state index in [1.807, 2.05) is 84.9 Å². The van der Waals surface area contributed by atoms with Crippen LogP contribution in [0, 0.1) is 0 Å². The lowest BCUT2D eigenvalue weighted by Gasteiger charge is -2.18. The van der Waals surface area contributed by atoms with Crippen molar-refractivity contribution in [3.63, 3.8) is 0 Å². The normalized spacial score (nSPS) is 11.2. The Hall–Kier alpha value is -4.98. The van der Waals surface area contributed by atoms with Gasteiger partial charge in [-0.2, -0.15) is 0 Å². The highest BCUT2D eigenvalue weighted by Gasteiger charge is 2.24. The Balaban J connectivity index is 1.40. The highest BCUT2D eigenvalue weighted by atomic mass is 16.6. The van der Waals surface area contributed by atoms with Crippen LogP contribution in [0.2, 0.25) is 0 Å². The summed E-state index contributed by atoms with van der Waals surface area (Å²) >= 11 is 0. The van der Waals surface area contributed by atoms with Gasteiger partial charge >= 0.3 is 12.1 Å². The van der Waals surface area contributed by atoms with Crippen LogP contribution in [-0.4, -0.2) is 30.3 Å². The molecule has 0 spiro atoms. The summed E-state index contributed by atoms with van der Waals surface area (Å²) in [5.74, 6) is 0.317. The van der Waals surface area contributed by atoms with Crippen LogP contribution in [0.1, 0.15) is 22.3 Å². The first-order valence-electron chi connectivity index (χ1n) is 12.8. The lowest BCUT2D eigenvalue weighted by atomic mass is 10.1. The molecule has 4 aromatic rings. The fraction of sp³-hybridized carbons (Fsp3) is 0.188. The van der Waals surface area contributed by atoms with Crippen LogP contribution >= 0.6 is 0 Å². The maximum atomic E-state index is 13.0. The average Bonchev–Trinajstić information content (AvgIpc) is 2.99. The number of alkyl carbamates (subject to hydrolysis) is 1. The molecular weight excluding hydrogens is 510 g/mol. The molecule has 4 aromatic carbocycles. The van der Waals surface area contributed by atoms with Crippen molar-refractivity contribution in [2.24, 2.45) is 0 Å². The molecule has 1 amide bonds. The van der Waals surface area contributed by atoms with E-state index in [1.165, 1.54) is 6.07 Å². The van der Waals surface area contributed by atoms with Crippen molar-refractivity contribution in [3.05, 3.63) is 125 Å². The van der Waals surface area contributed by atoms with Crippen LogP contribution in [-0.2, 0) is 40.5 Å². The molecule has 4 rings (SSSR count). The van der Waals surface area contributed by atoms with E-state index < -0.39 is 18.1 Å². The van der Waals surface area contributed by atoms with Gasteiger partial charge in [-0.25, -0.2) is 9.59 Å². The average molecular weight is 542 g/mol. The third-order valence-corrected chi connectivity index (χ3v) is 6.03. The van der Waals surface area contributed by atoms with Crippen LogP contribution in [0.15, 0.2) is 103 Å². The second-order valence-corrected chi connectivity index (χ2v) is 8.99. The number of nitrogens with one attached hydrogen (secondary N) is 1. The molecule has 0 aliphatic heterocycles. The van der Waals surface area contributed by atoms with Gasteiger partial charge in [0.15, 0.2) is 11.5 Å². The number of aromatic hydroxyl groups is 1. The monoisotopic (exact) mass is 541 g/mol. The Kier molecular flexibility index (Phi) is 9.99. The summed E-state index contributed by atoms with van der Waals surface area (Å²) in [6.07, 6.45) is -0.686. The summed E-state index contributed by atoms with van der Waals surface area (Å²) in [6.45, 7) is 0.361. The van der Waals surface area contributed by atoms with Crippen molar-refractivity contribution in [1.29, 1.82) is 0 Å². The van der Waals surface area contributed by atoms with Gasteiger partial charge in [0.05, 0.1) is 7.11 Å². The number of benzene rings is 4. The van der Waals surface area contributed by atoms with E-state index in [0.29, 0.717) is 5.56 Å². The number of phenolic OH excluding ortho intramolecular Hbond substituents is 1. The Bertz CT molecular complexity index is 1380. The minimum atomic E-state index is -1.04. The summed E-state index contributed by atoms with van der Waals surface area (Å²) in [4.78, 5) is 25.6. The molecule has 0 radical (unpaired) electrons. The Morgan fingerprint density at radius 3 is 1.90 bits per heavy atom. The molecule has 0 aliphatic carbocycles. The highest BCUT2D eigenvalue weighted by molar-refractivity contribution is 5.81. The molecular formula is C32H31NO7. The van der Waals surface area contributed by atoms with Crippen molar-refractivity contribution in [2.45, 2.75) is 32.3 Å². The zero-order chi connectivity index (χ0) is 28.2. The second-order valence-electron chi connectivity index (χ2n) is 8.99. The Labute approximate surface area is 233 Å². The van der Waals surface area contributed by atoms with Gasteiger partial charge in [0.2, 0.25) is 0 Å². The van der Waals surface area contributed by atoms with E-state index in [2.05, 4.69) is 5.32 Å². The number of carbonyl (C=O) groups is 2. The molecule has 40 heavy (non-hydrogen) atoms. The van der Waals surface area contributed by atoms with Crippen LogP contribution < -0.4 is 14.8 Å². The maximum absolute atomic E-state index is 13.0. The summed E-state index contributed by atoms with van der Waals surface area (Å²) in [6, 6.07) is 29.7. The first-order chi connectivity index (χ1) is 19.5. The standard InChI is InChI=1S/C32H31NO7/c1-37-27-15-12-25(13-16-27)20-38-30-17-14-26(19-29(30)34)18-28(31(35)39-21-23-8-4-2-5-9-23)33-32(36)40-22-24-10-6-3-7-11-24/h2-17,19,28,34H,18,20-22H2,1H3,(H,33,36)/t28-/m0/s1. The van der Waals surface area contributed by atoms with Crippen molar-refractivity contribution in [2.75, 3.05) is 7.11 Å². The third-order valence-electron chi connectivity index (χ3n) is 6.03. The zero-order valence-corrected chi connectivity index (χ0v) is 22.1. The number of carbonyl (C=O) groups excluding carboxylic acids is 2. The van der Waals surface area contributed by atoms with Gasteiger partial charge in [0, 0.05) is 6.42 Å². The van der Waals surface area contributed by atoms with Gasteiger partial charge in [0.1, 0.15) is 31.6 Å². The number of amides is 1. The van der Waals surface area contributed by atoms with E-state index in [9.17, 15) is 14.7 Å². The lowest BCUT2D eigenvalue weighted by molar-refractivity contribution is -0.147. The molecule has 0 saturated carbocycles. The maximum Gasteiger partial charge on any atom is 0.408 e. The van der Waals surface area contributed by atoms with Crippen molar-refractivity contribution >= 4 is 12.1 Å². The fourth-order valence-corrected chi connectivity index (χ4v) is 3.86. The van der Waals surface area contributed by atoms with Crippen LogP contribution in [0.3, 0.4) is 0 Å². The summed E-state index contributed by atoms with van der Waals surface area (Å²) < 4.78 is 21.7. The van der Waals surface area contributed by atoms with E-state index in [-0.39, 0.29) is 37.7 Å². The molecule has 8 nitrogen and oxygen atoms in total. The molecule has 8 heteroatoms. The molecule has 0 heterocycles. The predicted octanol–water partition coefficient (Wildman–Crippen LogP) is 5.56. The number of hydrogen-bond acceptors (Lipinski definition) is 7. The molecule has 0 bridgehead atoms. The Morgan fingerprint density at radius 2 is 1.30 bits per heavy atom. The quantitative estimate of drug-likeness (QED) is 0.226. The highest BCUT2D eigenvalue weighted by Crippen LogP contribution is 2.28. The van der Waals surface area contributed by atoms with Crippen LogP contribution in [0.5, 0.6) is 17.2 Å². The number of esters is 1. The first kappa shape index (κ1) is 28.0. The second kappa shape index (κ2) is 14.2. The zero-order valence-electron chi connectivity index (χ0n) is 22.1. The van der Waals surface area contributed by atoms with E-state index in [0.717, 1.165) is 22.4 Å². The molecule has 1 atom stereocenters. The van der Waals surface area contributed by atoms with Gasteiger partial charge in [-0.1, -0.05) is 78.9 Å². The molecule has 0 aromatic heterocycles. The molecule has 0 aliphatic rings. The largest absolute Gasteiger partial charge is 0.504 e. The smallest absolute Gasteiger partial charge is 0.408 e. The van der Waals surface area contributed by atoms with Gasteiger partial charge < -0.3 is 29.4 Å². The first-order valence-corrected chi connectivity index (χ1v) is 12.8. The minimum absolute atomic E-state index is 0.0550. The molecule has 2 N–H and O–H groups in total. The fourth-order valence-electron chi connectivity index (χ4n) is 3.86. The molecule has 0 saturated heterocycles. The van der Waals surface area contributed by atoms with Gasteiger partial charge in [-0.15, -0.1) is 0 Å². The van der Waals surface area contributed by atoms with Crippen molar-refractivity contribution in [1.82, 2.24) is 5.32 Å². The van der Waals surface area contributed by atoms with Crippen molar-refractivity contribution < 1.29 is 33.6 Å². The third kappa shape index (κ3) is 8.52. The topological polar surface area (TPSA) is 103 Å². The van der Waals surface area contributed by atoms with E-state index in [1.54, 1.807) is 19.2 Å². The molecule has 0 fully saturated rings. The molecule has 0 unspecified atom stereocenters. The number of methoxy groups -OCH3 is 1. The van der Waals surface area contributed by atoms with E-state index in [4.69, 9.17) is 18.9 Å².